The number of para-hydroxylation sites is 2. The number of hydrogen-bond donors (Lipinski definition) is 0. The summed E-state index contributed by atoms with van der Waals surface area (Å²) >= 11 is 0. The fourth-order valence-electron chi connectivity index (χ4n) is 11.0. The van der Waals surface area contributed by atoms with E-state index in [1.165, 1.54) is 104 Å². The third-order valence-electron chi connectivity index (χ3n) is 13.9. The van der Waals surface area contributed by atoms with E-state index in [1.807, 2.05) is 0 Å². The molecule has 1 aliphatic carbocycles. The highest BCUT2D eigenvalue weighted by Crippen LogP contribution is 2.63. The monoisotopic (exact) mass is 638 g/mol. The summed E-state index contributed by atoms with van der Waals surface area (Å²) in [5, 5.41) is 0. The Morgan fingerprint density at radius 1 is 0.653 bits per heavy atom. The van der Waals surface area contributed by atoms with Gasteiger partial charge >= 0.3 is 6.85 Å². The second-order valence-corrected chi connectivity index (χ2v) is 17.7. The second-order valence-electron chi connectivity index (χ2n) is 17.7. The van der Waals surface area contributed by atoms with Gasteiger partial charge in [-0.05, 0) is 106 Å². The van der Waals surface area contributed by atoms with E-state index in [4.69, 9.17) is 0 Å². The van der Waals surface area contributed by atoms with Crippen LogP contribution in [-0.4, -0.2) is 12.4 Å². The Kier molecular flexibility index (Phi) is 5.63. The van der Waals surface area contributed by atoms with Gasteiger partial charge in [0.05, 0.1) is 5.54 Å². The van der Waals surface area contributed by atoms with Crippen LogP contribution in [-0.2, 0) is 16.2 Å². The predicted octanol–water partition coefficient (Wildman–Crippen LogP) is 10.6. The molecule has 5 aliphatic rings. The summed E-state index contributed by atoms with van der Waals surface area (Å²) in [4.78, 5) is 5.66. The first kappa shape index (κ1) is 29.7. The largest absolute Gasteiger partial charge is 0.376 e. The molecule has 5 aromatic rings. The van der Waals surface area contributed by atoms with Crippen LogP contribution in [0.25, 0.3) is 22.3 Å². The Balaban J connectivity index is 1.40. The van der Waals surface area contributed by atoms with E-state index in [2.05, 4.69) is 156 Å². The molecule has 2 atom stereocenters. The second kappa shape index (κ2) is 9.30. The summed E-state index contributed by atoms with van der Waals surface area (Å²) in [6.07, 6.45) is 5.01. The molecule has 1 saturated carbocycles. The van der Waals surface area contributed by atoms with E-state index in [1.54, 1.807) is 5.56 Å². The van der Waals surface area contributed by atoms with E-state index < -0.39 is 0 Å². The van der Waals surface area contributed by atoms with Crippen LogP contribution in [0, 0.1) is 6.92 Å². The number of anilines is 4. The van der Waals surface area contributed by atoms with E-state index in [9.17, 15) is 0 Å². The molecule has 3 heteroatoms. The number of benzene rings is 5. The molecule has 0 aromatic heterocycles. The van der Waals surface area contributed by atoms with Crippen molar-refractivity contribution in [2.75, 3.05) is 9.71 Å². The molecule has 1 fully saturated rings. The standard InChI is InChI=1S/C46H47BN2/c1-28-16-9-10-17-31(28)29-24-33-32-18-15-20-35-41(32)49(38-21-12-11-19-34(38)44(35,5)6)47-37-27-30(43(2,3)4)26-36-42(37)48(39(25-29)40(33)47)46(8)23-14-13-22-45(36,46)7/h9-12,15-21,24-27H,13-14,22-23H2,1-8H3. The highest BCUT2D eigenvalue weighted by molar-refractivity contribution is 6.93. The van der Waals surface area contributed by atoms with Crippen molar-refractivity contribution in [2.24, 2.45) is 0 Å². The van der Waals surface area contributed by atoms with Crippen LogP contribution in [0.2, 0.25) is 0 Å². The molecule has 4 aliphatic heterocycles. The van der Waals surface area contributed by atoms with Crippen LogP contribution in [0.1, 0.15) is 102 Å². The third-order valence-corrected chi connectivity index (χ3v) is 13.9. The van der Waals surface area contributed by atoms with Crippen LogP contribution >= 0.6 is 0 Å². The van der Waals surface area contributed by atoms with Crippen LogP contribution in [0.4, 0.5) is 22.7 Å². The Hall–Kier alpha value is -4.24. The van der Waals surface area contributed by atoms with Crippen molar-refractivity contribution >= 4 is 40.5 Å². The first-order valence-corrected chi connectivity index (χ1v) is 18.6. The number of fused-ring (bicyclic) bond motifs is 9. The molecule has 244 valence electrons. The van der Waals surface area contributed by atoms with Gasteiger partial charge in [0.25, 0.3) is 0 Å². The molecule has 49 heavy (non-hydrogen) atoms. The summed E-state index contributed by atoms with van der Waals surface area (Å²) in [5.74, 6) is 0. The fraction of sp³-hybridized carbons (Fsp3) is 0.348. The maximum Gasteiger partial charge on any atom is 0.333 e. The Morgan fingerprint density at radius 2 is 1.37 bits per heavy atom. The van der Waals surface area contributed by atoms with Crippen LogP contribution < -0.4 is 20.6 Å². The highest BCUT2D eigenvalue weighted by Gasteiger charge is 2.62. The quantitative estimate of drug-likeness (QED) is 0.169. The lowest BCUT2D eigenvalue weighted by molar-refractivity contribution is 0.195. The van der Waals surface area contributed by atoms with Crippen molar-refractivity contribution in [1.29, 1.82) is 0 Å². The minimum Gasteiger partial charge on any atom is -0.376 e. The minimum absolute atomic E-state index is 0.00808. The summed E-state index contributed by atoms with van der Waals surface area (Å²) in [6.45, 7) is 19.6. The van der Waals surface area contributed by atoms with E-state index in [0.29, 0.717) is 0 Å². The van der Waals surface area contributed by atoms with Crippen molar-refractivity contribution < 1.29 is 0 Å². The number of nitrogens with zero attached hydrogens (tertiary/aromatic N) is 2. The first-order valence-electron chi connectivity index (χ1n) is 18.6. The maximum absolute atomic E-state index is 2.88. The summed E-state index contributed by atoms with van der Waals surface area (Å²) in [5.41, 5.74) is 21.3. The summed E-state index contributed by atoms with van der Waals surface area (Å²) < 4.78 is 0. The molecular formula is C46H47BN2. The molecule has 4 heterocycles. The Morgan fingerprint density at radius 3 is 2.16 bits per heavy atom. The molecule has 0 radical (unpaired) electrons. The average Bonchev–Trinajstić information content (AvgIpc) is 3.29. The van der Waals surface area contributed by atoms with Gasteiger partial charge in [0.2, 0.25) is 0 Å². The zero-order valence-corrected chi connectivity index (χ0v) is 30.5. The zero-order valence-electron chi connectivity index (χ0n) is 30.5. The molecule has 0 bridgehead atoms. The van der Waals surface area contributed by atoms with Crippen LogP contribution in [0.3, 0.4) is 0 Å². The van der Waals surface area contributed by atoms with Gasteiger partial charge in [-0.25, -0.2) is 0 Å². The van der Waals surface area contributed by atoms with Crippen molar-refractivity contribution in [2.45, 2.75) is 103 Å². The lowest BCUT2D eigenvalue weighted by Crippen LogP contribution is -2.65. The minimum atomic E-state index is -0.113. The van der Waals surface area contributed by atoms with Gasteiger partial charge < -0.3 is 9.71 Å². The molecule has 0 amide bonds. The predicted molar refractivity (Wildman–Crippen MR) is 209 cm³/mol. The fourth-order valence-corrected chi connectivity index (χ4v) is 11.0. The first-order chi connectivity index (χ1) is 23.4. The van der Waals surface area contributed by atoms with Crippen LogP contribution in [0.15, 0.2) is 91.0 Å². The van der Waals surface area contributed by atoms with Crippen molar-refractivity contribution in [3.63, 3.8) is 0 Å². The van der Waals surface area contributed by atoms with Gasteiger partial charge in [-0.2, -0.15) is 0 Å². The van der Waals surface area contributed by atoms with Crippen molar-refractivity contribution in [3.8, 4) is 22.3 Å². The normalized spacial score (nSPS) is 23.4. The van der Waals surface area contributed by atoms with Gasteiger partial charge in [-0.1, -0.05) is 127 Å². The average molecular weight is 639 g/mol. The van der Waals surface area contributed by atoms with E-state index in [0.717, 1.165) is 0 Å². The molecule has 0 N–H and O–H groups in total. The van der Waals surface area contributed by atoms with E-state index in [-0.39, 0.29) is 28.6 Å². The highest BCUT2D eigenvalue weighted by atomic mass is 15.3. The molecule has 0 spiro atoms. The van der Waals surface area contributed by atoms with Gasteiger partial charge in [0, 0.05) is 39.1 Å². The number of hydrogen-bond acceptors (Lipinski definition) is 2. The lowest BCUT2D eigenvalue weighted by atomic mass is 9.42. The molecule has 2 nitrogen and oxygen atoms in total. The number of rotatable bonds is 1. The molecule has 10 rings (SSSR count). The Labute approximate surface area is 293 Å². The maximum atomic E-state index is 2.88. The van der Waals surface area contributed by atoms with Crippen molar-refractivity contribution in [3.05, 3.63) is 119 Å². The molecule has 5 aromatic carbocycles. The van der Waals surface area contributed by atoms with Gasteiger partial charge in [0.15, 0.2) is 0 Å². The van der Waals surface area contributed by atoms with Gasteiger partial charge in [-0.15, -0.1) is 0 Å². The van der Waals surface area contributed by atoms with Crippen molar-refractivity contribution in [1.82, 2.24) is 0 Å². The topological polar surface area (TPSA) is 6.48 Å². The Bertz CT molecular complexity index is 2270. The molecule has 0 saturated heterocycles. The zero-order chi connectivity index (χ0) is 33.8. The van der Waals surface area contributed by atoms with Gasteiger partial charge in [-0.3, -0.25) is 0 Å². The number of aryl methyl sites for hydroxylation is 1. The summed E-state index contributed by atoms with van der Waals surface area (Å²) in [6, 6.07) is 35.8. The third kappa shape index (κ3) is 3.50. The van der Waals surface area contributed by atoms with E-state index >= 15 is 0 Å². The molecule has 2 unspecified atom stereocenters. The van der Waals surface area contributed by atoms with Crippen LogP contribution in [0.5, 0.6) is 0 Å². The smallest absolute Gasteiger partial charge is 0.333 e. The summed E-state index contributed by atoms with van der Waals surface area (Å²) in [7, 11) is 0. The molecular weight excluding hydrogens is 591 g/mol. The SMILES string of the molecule is Cc1ccccc1-c1cc2c3c(c1)N1c4c(cc(C(C)(C)C)cc4C4(C)CCCCC14C)B3N1c3ccccc3C(C)(C)c3cccc-2c31. The van der Waals surface area contributed by atoms with Gasteiger partial charge in [0.1, 0.15) is 0 Å². The lowest BCUT2D eigenvalue weighted by Gasteiger charge is -2.54.